The highest BCUT2D eigenvalue weighted by atomic mass is 35.5. The number of methoxy groups -OCH3 is 1. The molecule has 2 aromatic carbocycles. The Morgan fingerprint density at radius 1 is 1.15 bits per heavy atom. The molecular weight excluding hydrogens is 402 g/mol. The van der Waals surface area contributed by atoms with E-state index in [1.165, 1.54) is 11.8 Å². The monoisotopic (exact) mass is 415 g/mol. The van der Waals surface area contributed by atoms with Crippen LogP contribution in [0.15, 0.2) is 63.6 Å². The van der Waals surface area contributed by atoms with E-state index in [-0.39, 0.29) is 0 Å². The molecule has 0 amide bonds. The molecule has 2 aromatic heterocycles. The predicted octanol–water partition coefficient (Wildman–Crippen LogP) is 5.81. The van der Waals surface area contributed by atoms with Gasteiger partial charge in [-0.25, -0.2) is 4.98 Å². The van der Waals surface area contributed by atoms with Gasteiger partial charge in [0.05, 0.1) is 18.4 Å². The molecule has 4 rings (SSSR count). The third-order valence-corrected chi connectivity index (χ3v) is 5.72. The van der Waals surface area contributed by atoms with Crippen LogP contribution in [0.3, 0.4) is 0 Å². The van der Waals surface area contributed by atoms with Crippen LogP contribution in [0.5, 0.6) is 5.75 Å². The molecule has 4 aromatic rings. The van der Waals surface area contributed by atoms with E-state index in [9.17, 15) is 0 Å². The number of ether oxygens (including phenoxy) is 1. The van der Waals surface area contributed by atoms with Crippen LogP contribution in [0.4, 0.5) is 0 Å². The smallest absolute Gasteiger partial charge is 0.277 e. The number of hydrogen-bond donors (Lipinski definition) is 0. The third-order valence-electron chi connectivity index (χ3n) is 3.71. The Hall–Kier alpha value is -2.35. The lowest BCUT2D eigenvalue weighted by Crippen LogP contribution is -1.87. The summed E-state index contributed by atoms with van der Waals surface area (Å²) in [5, 5.41) is 12.3. The second-order valence-corrected chi connectivity index (χ2v) is 7.74. The number of thiazole rings is 1. The average Bonchev–Trinajstić information content (AvgIpc) is 3.36. The molecule has 0 saturated carbocycles. The van der Waals surface area contributed by atoms with E-state index in [4.69, 9.17) is 25.7 Å². The zero-order valence-corrected chi connectivity index (χ0v) is 16.6. The van der Waals surface area contributed by atoms with Gasteiger partial charge in [0.25, 0.3) is 5.22 Å². The van der Waals surface area contributed by atoms with Gasteiger partial charge in [-0.3, -0.25) is 0 Å². The van der Waals surface area contributed by atoms with Gasteiger partial charge in [-0.2, -0.15) is 0 Å². The van der Waals surface area contributed by atoms with E-state index >= 15 is 0 Å². The molecule has 0 N–H and O–H groups in total. The van der Waals surface area contributed by atoms with Crippen molar-refractivity contribution in [1.82, 2.24) is 15.2 Å². The van der Waals surface area contributed by atoms with Crippen molar-refractivity contribution in [3.05, 3.63) is 64.6 Å². The summed E-state index contributed by atoms with van der Waals surface area (Å²) in [7, 11) is 1.66. The third kappa shape index (κ3) is 4.16. The maximum absolute atomic E-state index is 6.01. The fourth-order valence-electron chi connectivity index (χ4n) is 2.46. The van der Waals surface area contributed by atoms with Crippen molar-refractivity contribution in [2.24, 2.45) is 0 Å². The molecule has 2 heterocycles. The summed E-state index contributed by atoms with van der Waals surface area (Å²) in [6.07, 6.45) is 0. The SMILES string of the molecule is COc1ccccc1-c1nc(CSc2nnc(-c3cccc(Cl)c3)o2)cs1. The van der Waals surface area contributed by atoms with Crippen molar-refractivity contribution in [2.45, 2.75) is 11.0 Å². The van der Waals surface area contributed by atoms with E-state index < -0.39 is 0 Å². The molecule has 27 heavy (non-hydrogen) atoms. The molecule has 0 unspecified atom stereocenters. The quantitative estimate of drug-likeness (QED) is 0.370. The lowest BCUT2D eigenvalue weighted by atomic mass is 10.2. The van der Waals surface area contributed by atoms with E-state index in [2.05, 4.69) is 10.2 Å². The second-order valence-electron chi connectivity index (χ2n) is 5.52. The molecule has 5 nitrogen and oxygen atoms in total. The fraction of sp³-hybridized carbons (Fsp3) is 0.105. The van der Waals surface area contributed by atoms with Crippen LogP contribution >= 0.6 is 34.7 Å². The molecule has 0 aliphatic carbocycles. The zero-order chi connectivity index (χ0) is 18.6. The number of nitrogens with zero attached hydrogens (tertiary/aromatic N) is 3. The van der Waals surface area contributed by atoms with E-state index in [1.807, 2.05) is 41.8 Å². The standard InChI is InChI=1S/C19H14ClN3O2S2/c1-24-16-8-3-2-7-15(16)18-21-14(10-26-18)11-27-19-23-22-17(25-19)12-5-4-6-13(20)9-12/h2-10H,11H2,1H3. The van der Waals surface area contributed by atoms with Crippen LogP contribution in [0.25, 0.3) is 22.0 Å². The van der Waals surface area contributed by atoms with Gasteiger partial charge in [0.1, 0.15) is 10.8 Å². The average molecular weight is 416 g/mol. The summed E-state index contributed by atoms with van der Waals surface area (Å²) in [5.41, 5.74) is 2.74. The molecule has 0 aliphatic rings. The van der Waals surface area contributed by atoms with Crippen molar-refractivity contribution >= 4 is 34.7 Å². The Bertz CT molecular complexity index is 1060. The van der Waals surface area contributed by atoms with Gasteiger partial charge < -0.3 is 9.15 Å². The predicted molar refractivity (Wildman–Crippen MR) is 108 cm³/mol. The Morgan fingerprint density at radius 3 is 2.89 bits per heavy atom. The Kier molecular flexibility index (Phi) is 5.42. The molecule has 0 bridgehead atoms. The summed E-state index contributed by atoms with van der Waals surface area (Å²) < 4.78 is 11.1. The highest BCUT2D eigenvalue weighted by Crippen LogP contribution is 2.33. The van der Waals surface area contributed by atoms with Crippen LogP contribution in [0.2, 0.25) is 5.02 Å². The van der Waals surface area contributed by atoms with E-state index in [0.717, 1.165) is 27.6 Å². The molecule has 0 fully saturated rings. The van der Waals surface area contributed by atoms with Gasteiger partial charge in [0.2, 0.25) is 5.89 Å². The first kappa shape index (κ1) is 18.0. The van der Waals surface area contributed by atoms with Gasteiger partial charge >= 0.3 is 0 Å². The lowest BCUT2D eigenvalue weighted by Gasteiger charge is -2.04. The number of benzene rings is 2. The molecule has 8 heteroatoms. The Morgan fingerprint density at radius 2 is 2.04 bits per heavy atom. The largest absolute Gasteiger partial charge is 0.496 e. The molecule has 0 spiro atoms. The van der Waals surface area contributed by atoms with E-state index in [1.54, 1.807) is 30.6 Å². The summed E-state index contributed by atoms with van der Waals surface area (Å²) >= 11 is 9.04. The zero-order valence-electron chi connectivity index (χ0n) is 14.3. The number of hydrogen-bond acceptors (Lipinski definition) is 7. The molecule has 0 radical (unpaired) electrons. The first-order valence-electron chi connectivity index (χ1n) is 8.03. The maximum Gasteiger partial charge on any atom is 0.277 e. The highest BCUT2D eigenvalue weighted by Gasteiger charge is 2.13. The van der Waals surface area contributed by atoms with Crippen LogP contribution in [0.1, 0.15) is 5.69 Å². The van der Waals surface area contributed by atoms with Crippen molar-refractivity contribution in [1.29, 1.82) is 0 Å². The maximum atomic E-state index is 6.01. The van der Waals surface area contributed by atoms with Crippen molar-refractivity contribution in [3.8, 4) is 27.8 Å². The van der Waals surface area contributed by atoms with E-state index in [0.29, 0.717) is 21.9 Å². The number of thioether (sulfide) groups is 1. The van der Waals surface area contributed by atoms with Crippen LogP contribution in [-0.4, -0.2) is 22.3 Å². The number of rotatable bonds is 6. The minimum Gasteiger partial charge on any atom is -0.496 e. The Labute approximate surface area is 169 Å². The minimum atomic E-state index is 0.452. The first-order chi connectivity index (χ1) is 13.2. The number of para-hydroxylation sites is 1. The molecule has 0 atom stereocenters. The normalized spacial score (nSPS) is 10.9. The highest BCUT2D eigenvalue weighted by molar-refractivity contribution is 7.98. The van der Waals surface area contributed by atoms with Gasteiger partial charge in [0.15, 0.2) is 0 Å². The van der Waals surface area contributed by atoms with Crippen LogP contribution in [0, 0.1) is 0 Å². The fourth-order valence-corrected chi connectivity index (χ4v) is 4.26. The van der Waals surface area contributed by atoms with Gasteiger partial charge in [0, 0.05) is 21.7 Å². The molecular formula is C19H14ClN3O2S2. The van der Waals surface area contributed by atoms with Crippen molar-refractivity contribution in [2.75, 3.05) is 7.11 Å². The number of halogens is 1. The lowest BCUT2D eigenvalue weighted by molar-refractivity contribution is 0.416. The molecule has 136 valence electrons. The summed E-state index contributed by atoms with van der Waals surface area (Å²) in [6, 6.07) is 15.2. The summed E-state index contributed by atoms with van der Waals surface area (Å²) in [5.74, 6) is 1.91. The topological polar surface area (TPSA) is 61.0 Å². The van der Waals surface area contributed by atoms with Gasteiger partial charge in [-0.1, -0.05) is 41.6 Å². The van der Waals surface area contributed by atoms with Crippen molar-refractivity contribution in [3.63, 3.8) is 0 Å². The van der Waals surface area contributed by atoms with Crippen LogP contribution < -0.4 is 4.74 Å². The second kappa shape index (κ2) is 8.12. The van der Waals surface area contributed by atoms with Crippen LogP contribution in [-0.2, 0) is 5.75 Å². The van der Waals surface area contributed by atoms with Gasteiger partial charge in [-0.15, -0.1) is 21.5 Å². The molecule has 0 saturated heterocycles. The Balaban J connectivity index is 1.45. The van der Waals surface area contributed by atoms with Crippen molar-refractivity contribution < 1.29 is 9.15 Å². The summed E-state index contributed by atoms with van der Waals surface area (Å²) in [6.45, 7) is 0. The first-order valence-corrected chi connectivity index (χ1v) is 10.3. The summed E-state index contributed by atoms with van der Waals surface area (Å²) in [4.78, 5) is 4.69. The van der Waals surface area contributed by atoms with Gasteiger partial charge in [-0.05, 0) is 30.3 Å². The molecule has 0 aliphatic heterocycles. The number of aromatic nitrogens is 3. The minimum absolute atomic E-state index is 0.452.